The van der Waals surface area contributed by atoms with E-state index in [1.54, 1.807) is 7.05 Å². The molecule has 0 spiro atoms. The van der Waals surface area contributed by atoms with Gasteiger partial charge in [-0.1, -0.05) is 25.1 Å². The molecule has 142 valence electrons. The first-order chi connectivity index (χ1) is 12.7. The third-order valence-electron chi connectivity index (χ3n) is 5.23. The van der Waals surface area contributed by atoms with Crippen LogP contribution in [0.2, 0.25) is 0 Å². The summed E-state index contributed by atoms with van der Waals surface area (Å²) in [6.07, 6.45) is 4.70. The van der Waals surface area contributed by atoms with Gasteiger partial charge < -0.3 is 20.3 Å². The van der Waals surface area contributed by atoms with Gasteiger partial charge in [-0.25, -0.2) is 0 Å². The largest absolute Gasteiger partial charge is 0.488 e. The van der Waals surface area contributed by atoms with Gasteiger partial charge in [0.15, 0.2) is 5.96 Å². The van der Waals surface area contributed by atoms with Crippen LogP contribution in [-0.2, 0) is 11.2 Å². The minimum atomic E-state index is 0.136. The molecular weight excluding hydrogens is 328 g/mol. The highest BCUT2D eigenvalue weighted by Gasteiger charge is 2.26. The van der Waals surface area contributed by atoms with Gasteiger partial charge in [0.25, 0.3) is 0 Å². The van der Waals surface area contributed by atoms with Gasteiger partial charge in [0.1, 0.15) is 11.9 Å². The van der Waals surface area contributed by atoms with Crippen LogP contribution < -0.4 is 15.4 Å². The number of ether oxygens (including phenoxy) is 1. The predicted octanol–water partition coefficient (Wildman–Crippen LogP) is 1.95. The molecule has 0 aromatic heterocycles. The number of amides is 1. The van der Waals surface area contributed by atoms with Crippen LogP contribution in [0.15, 0.2) is 29.3 Å². The quantitative estimate of drug-likeness (QED) is 0.578. The van der Waals surface area contributed by atoms with Crippen molar-refractivity contribution in [2.75, 3.05) is 26.7 Å². The Hall–Kier alpha value is -2.24. The second-order valence-electron chi connectivity index (χ2n) is 6.97. The maximum absolute atomic E-state index is 11.9. The zero-order chi connectivity index (χ0) is 18.4. The number of guanidine groups is 1. The van der Waals surface area contributed by atoms with E-state index in [0.717, 1.165) is 57.0 Å². The minimum Gasteiger partial charge on any atom is -0.488 e. The number of fused-ring (bicyclic) bond motifs is 1. The highest BCUT2D eigenvalue weighted by molar-refractivity contribution is 5.80. The first kappa shape index (κ1) is 18.5. The fourth-order valence-electron chi connectivity index (χ4n) is 3.79. The van der Waals surface area contributed by atoms with Gasteiger partial charge in [0.05, 0.1) is 6.54 Å². The molecule has 1 aromatic rings. The van der Waals surface area contributed by atoms with Crippen LogP contribution in [-0.4, -0.2) is 55.6 Å². The summed E-state index contributed by atoms with van der Waals surface area (Å²) in [4.78, 5) is 18.3. The molecule has 1 aromatic carbocycles. The number of carbonyl (C=O) groups excluding carboxylic acids is 1. The minimum absolute atomic E-state index is 0.136. The Balaban J connectivity index is 1.39. The van der Waals surface area contributed by atoms with E-state index in [2.05, 4.69) is 28.6 Å². The Kier molecular flexibility index (Phi) is 6.36. The van der Waals surface area contributed by atoms with Gasteiger partial charge in [0, 0.05) is 39.0 Å². The third-order valence-corrected chi connectivity index (χ3v) is 5.23. The average Bonchev–Trinajstić information content (AvgIpc) is 3.27. The summed E-state index contributed by atoms with van der Waals surface area (Å²) in [5.41, 5.74) is 1.27. The molecule has 1 saturated heterocycles. The number of para-hydroxylation sites is 1. The number of hydrogen-bond donors (Lipinski definition) is 2. The molecule has 0 bridgehead atoms. The number of nitrogens with zero attached hydrogens (tertiary/aromatic N) is 2. The molecule has 2 aliphatic rings. The Bertz CT molecular complexity index is 621. The van der Waals surface area contributed by atoms with Crippen molar-refractivity contribution in [1.29, 1.82) is 0 Å². The van der Waals surface area contributed by atoms with Gasteiger partial charge >= 0.3 is 0 Å². The Morgan fingerprint density at radius 1 is 1.38 bits per heavy atom. The lowest BCUT2D eigenvalue weighted by Crippen LogP contribution is -2.44. The number of carbonyl (C=O) groups is 1. The van der Waals surface area contributed by atoms with E-state index in [1.165, 1.54) is 5.56 Å². The second kappa shape index (κ2) is 8.92. The van der Waals surface area contributed by atoms with Gasteiger partial charge in [-0.15, -0.1) is 0 Å². The molecule has 6 nitrogen and oxygen atoms in total. The molecule has 0 aliphatic carbocycles. The van der Waals surface area contributed by atoms with Gasteiger partial charge in [-0.2, -0.15) is 0 Å². The van der Waals surface area contributed by atoms with Crippen molar-refractivity contribution in [2.45, 2.75) is 51.2 Å². The maximum Gasteiger partial charge on any atom is 0.222 e. The number of hydrogen-bond acceptors (Lipinski definition) is 3. The Morgan fingerprint density at radius 3 is 2.92 bits per heavy atom. The van der Waals surface area contributed by atoms with Crippen molar-refractivity contribution >= 4 is 11.9 Å². The Morgan fingerprint density at radius 2 is 2.23 bits per heavy atom. The molecule has 3 rings (SSSR count). The van der Waals surface area contributed by atoms with Gasteiger partial charge in [0.2, 0.25) is 5.91 Å². The summed E-state index contributed by atoms with van der Waals surface area (Å²) in [5, 5.41) is 6.71. The topological polar surface area (TPSA) is 66.0 Å². The van der Waals surface area contributed by atoms with E-state index in [0.29, 0.717) is 18.4 Å². The molecule has 2 unspecified atom stereocenters. The van der Waals surface area contributed by atoms with E-state index in [9.17, 15) is 4.79 Å². The number of benzene rings is 1. The number of rotatable bonds is 7. The standard InChI is InChI=1S/C20H30N4O2/c1-3-16(24-12-6-9-19(24)25)10-11-22-20(21-2)23-14-17-13-15-7-4-5-8-18(15)26-17/h4-5,7-8,16-17H,3,6,9-14H2,1-2H3,(H2,21,22,23). The average molecular weight is 358 g/mol. The molecular formula is C20H30N4O2. The van der Waals surface area contributed by atoms with Crippen LogP contribution in [0.4, 0.5) is 0 Å². The second-order valence-corrected chi connectivity index (χ2v) is 6.97. The van der Waals surface area contributed by atoms with E-state index < -0.39 is 0 Å². The van der Waals surface area contributed by atoms with Crippen LogP contribution in [0.3, 0.4) is 0 Å². The summed E-state index contributed by atoms with van der Waals surface area (Å²) >= 11 is 0. The SMILES string of the molecule is CCC(CCNC(=NC)NCC1Cc2ccccc2O1)N1CCCC1=O. The molecule has 2 aliphatic heterocycles. The molecule has 2 heterocycles. The smallest absolute Gasteiger partial charge is 0.222 e. The van der Waals surface area contributed by atoms with E-state index >= 15 is 0 Å². The lowest BCUT2D eigenvalue weighted by molar-refractivity contribution is -0.129. The number of nitrogens with one attached hydrogen (secondary N) is 2. The lowest BCUT2D eigenvalue weighted by Gasteiger charge is -2.27. The fourth-order valence-corrected chi connectivity index (χ4v) is 3.79. The summed E-state index contributed by atoms with van der Waals surface area (Å²) in [6, 6.07) is 8.51. The van der Waals surface area contributed by atoms with E-state index in [1.807, 2.05) is 23.1 Å². The monoisotopic (exact) mass is 358 g/mol. The van der Waals surface area contributed by atoms with Crippen LogP contribution in [0.25, 0.3) is 0 Å². The number of aliphatic imine (C=N–C) groups is 1. The molecule has 2 N–H and O–H groups in total. The van der Waals surface area contributed by atoms with Crippen molar-refractivity contribution in [1.82, 2.24) is 15.5 Å². The summed E-state index contributed by atoms with van der Waals surface area (Å²) < 4.78 is 5.95. The Labute approximate surface area is 156 Å². The van der Waals surface area contributed by atoms with E-state index in [-0.39, 0.29) is 6.10 Å². The normalized spacial score (nSPS) is 20.7. The highest BCUT2D eigenvalue weighted by Crippen LogP contribution is 2.27. The van der Waals surface area contributed by atoms with E-state index in [4.69, 9.17) is 4.74 Å². The van der Waals surface area contributed by atoms with Crippen molar-refractivity contribution < 1.29 is 9.53 Å². The van der Waals surface area contributed by atoms with Crippen molar-refractivity contribution in [2.24, 2.45) is 4.99 Å². The molecule has 6 heteroatoms. The predicted molar refractivity (Wildman–Crippen MR) is 104 cm³/mol. The van der Waals surface area contributed by atoms with Crippen LogP contribution in [0.1, 0.15) is 38.2 Å². The third kappa shape index (κ3) is 4.48. The summed E-state index contributed by atoms with van der Waals surface area (Å²) in [7, 11) is 1.78. The van der Waals surface area contributed by atoms with Crippen molar-refractivity contribution in [3.63, 3.8) is 0 Å². The highest BCUT2D eigenvalue weighted by atomic mass is 16.5. The maximum atomic E-state index is 11.9. The molecule has 0 saturated carbocycles. The van der Waals surface area contributed by atoms with Crippen molar-refractivity contribution in [3.05, 3.63) is 29.8 Å². The van der Waals surface area contributed by atoms with Crippen LogP contribution >= 0.6 is 0 Å². The van der Waals surface area contributed by atoms with Crippen LogP contribution in [0.5, 0.6) is 5.75 Å². The zero-order valence-corrected chi connectivity index (χ0v) is 15.8. The molecule has 1 fully saturated rings. The lowest BCUT2D eigenvalue weighted by atomic mass is 10.1. The first-order valence-electron chi connectivity index (χ1n) is 9.69. The fraction of sp³-hybridized carbons (Fsp3) is 0.600. The zero-order valence-electron chi connectivity index (χ0n) is 15.8. The van der Waals surface area contributed by atoms with Gasteiger partial charge in [-0.05, 0) is 30.9 Å². The number of likely N-dealkylation sites (tertiary alicyclic amines) is 1. The first-order valence-corrected chi connectivity index (χ1v) is 9.69. The van der Waals surface area contributed by atoms with Gasteiger partial charge in [-0.3, -0.25) is 9.79 Å². The molecule has 1 amide bonds. The molecule has 2 atom stereocenters. The summed E-state index contributed by atoms with van der Waals surface area (Å²) in [6.45, 7) is 4.58. The van der Waals surface area contributed by atoms with Crippen LogP contribution in [0, 0.1) is 0 Å². The summed E-state index contributed by atoms with van der Waals surface area (Å²) in [5.74, 6) is 2.08. The molecule has 26 heavy (non-hydrogen) atoms. The van der Waals surface area contributed by atoms with Crippen molar-refractivity contribution in [3.8, 4) is 5.75 Å². The molecule has 0 radical (unpaired) electrons.